The van der Waals surface area contributed by atoms with E-state index >= 15 is 0 Å². The van der Waals surface area contributed by atoms with Gasteiger partial charge >= 0.3 is 89.5 Å². The zero-order valence-electron chi connectivity index (χ0n) is 27.0. The molecule has 0 nitrogen and oxygen atoms in total. The minimum absolute atomic E-state index is 0.277. The van der Waals surface area contributed by atoms with Gasteiger partial charge in [-0.2, -0.15) is 41.5 Å². The summed E-state index contributed by atoms with van der Waals surface area (Å²) in [4.78, 5) is 0. The summed E-state index contributed by atoms with van der Waals surface area (Å²) in [7, 11) is 0. The van der Waals surface area contributed by atoms with E-state index < -0.39 is 0 Å². The Morgan fingerprint density at radius 2 is 1.49 bits per heavy atom. The third-order valence-electron chi connectivity index (χ3n) is 10.7. The van der Waals surface area contributed by atoms with E-state index in [1.165, 1.54) is 69.6 Å². The van der Waals surface area contributed by atoms with Gasteiger partial charge in [-0.25, -0.2) is 5.57 Å². The topological polar surface area (TPSA) is 0 Å². The van der Waals surface area contributed by atoms with Crippen molar-refractivity contribution in [2.75, 3.05) is 0 Å². The number of rotatable bonds is 3. The van der Waals surface area contributed by atoms with Crippen LogP contribution >= 0.6 is 0 Å². The van der Waals surface area contributed by atoms with Gasteiger partial charge in [0.05, 0.1) is 0 Å². The summed E-state index contributed by atoms with van der Waals surface area (Å²) in [5.74, 6) is 3.82. The van der Waals surface area contributed by atoms with Crippen LogP contribution in [0, 0.1) is 41.2 Å². The third-order valence-corrected chi connectivity index (χ3v) is 11.5. The summed E-state index contributed by atoms with van der Waals surface area (Å²) in [5, 5.41) is 0. The Balaban J connectivity index is 0.000000118. The summed E-state index contributed by atoms with van der Waals surface area (Å²) in [5.41, 5.74) is 12.3. The largest absolute Gasteiger partial charge is 0.266 e. The molecule has 4 saturated carbocycles. The van der Waals surface area contributed by atoms with Crippen LogP contribution in [-0.2, 0) is 36.1 Å². The number of allylic oxidation sites excluding steroid dienone is 4. The van der Waals surface area contributed by atoms with E-state index in [2.05, 4.69) is 117 Å². The quantitative estimate of drug-likeness (QED) is 0.195. The van der Waals surface area contributed by atoms with Crippen LogP contribution in [0.4, 0.5) is 0 Å². The molecule has 0 radical (unpaired) electrons. The van der Waals surface area contributed by atoms with E-state index in [9.17, 15) is 0 Å². The van der Waals surface area contributed by atoms with Crippen molar-refractivity contribution in [2.24, 2.45) is 29.1 Å². The normalized spacial score (nSPS) is 27.6. The number of fused-ring (bicyclic) bond motifs is 3. The molecule has 43 heavy (non-hydrogen) atoms. The molecule has 0 saturated heterocycles. The van der Waals surface area contributed by atoms with E-state index in [4.69, 9.17) is 0 Å². The second-order valence-corrected chi connectivity index (χ2v) is 16.0. The van der Waals surface area contributed by atoms with Crippen molar-refractivity contribution in [3.63, 3.8) is 0 Å². The minimum Gasteiger partial charge on any atom is -0.266 e. The molecule has 3 aromatic rings. The number of hydrogen-bond donors (Lipinski definition) is 0. The van der Waals surface area contributed by atoms with Gasteiger partial charge in [-0.05, 0) is 68.1 Å². The van der Waals surface area contributed by atoms with Crippen molar-refractivity contribution in [1.29, 1.82) is 0 Å². The maximum absolute atomic E-state index is 3.57. The molecule has 4 fully saturated rings. The molecule has 0 N–H and O–H groups in total. The number of benzene rings is 3. The van der Waals surface area contributed by atoms with Crippen LogP contribution in [0.2, 0.25) is 0 Å². The fraction of sp³-hybridized carbons (Fsp3) is 0.452. The van der Waals surface area contributed by atoms with Gasteiger partial charge in [0, 0.05) is 0 Å². The van der Waals surface area contributed by atoms with Gasteiger partial charge in [0.15, 0.2) is 0 Å². The van der Waals surface area contributed by atoms with Crippen molar-refractivity contribution in [3.05, 3.63) is 118 Å². The predicted molar refractivity (Wildman–Crippen MR) is 179 cm³/mol. The Labute approximate surface area is 276 Å². The molecule has 0 aromatic heterocycles. The van der Waals surface area contributed by atoms with Crippen molar-refractivity contribution in [3.8, 4) is 11.1 Å². The van der Waals surface area contributed by atoms with Gasteiger partial charge in [-0.15, -0.1) is 5.56 Å². The zero-order chi connectivity index (χ0) is 30.2. The van der Waals surface area contributed by atoms with Crippen molar-refractivity contribution >= 4 is 3.71 Å². The fourth-order valence-corrected chi connectivity index (χ4v) is 9.55. The first-order chi connectivity index (χ1) is 20.6. The van der Waals surface area contributed by atoms with E-state index in [-0.39, 0.29) is 5.41 Å². The molecule has 4 bridgehead atoms. The first-order valence-corrected chi connectivity index (χ1v) is 18.0. The maximum Gasteiger partial charge on any atom is -0.0253 e. The Hall–Kier alpha value is -2.11. The molecule has 9 rings (SSSR count). The molecule has 1 atom stereocenters. The Morgan fingerprint density at radius 3 is 2.07 bits per heavy atom. The average Bonchev–Trinajstić information content (AvgIpc) is 3.50. The van der Waals surface area contributed by atoms with E-state index in [0.29, 0.717) is 11.3 Å². The molecular weight excluding hydrogens is 596 g/mol. The molecular formula is C42H48Zr. The Bertz CT molecular complexity index is 1430. The second-order valence-electron chi connectivity index (χ2n) is 15.3. The van der Waals surface area contributed by atoms with Gasteiger partial charge in [0.2, 0.25) is 0 Å². The van der Waals surface area contributed by atoms with E-state index in [1.807, 2.05) is 6.07 Å². The van der Waals surface area contributed by atoms with Crippen LogP contribution in [-0.4, -0.2) is 3.71 Å². The molecule has 0 heterocycles. The van der Waals surface area contributed by atoms with Crippen LogP contribution in [0.3, 0.4) is 0 Å². The van der Waals surface area contributed by atoms with Crippen LogP contribution in [0.25, 0.3) is 11.1 Å². The standard InChI is InChI=1S/C18H25.C13H9.C11H14.Zr/c1-12-3-13(2)17(4-12)11-18-8-14-5-15(9-18)7-16(6-14)10-18;1-3-7-12-10(5-1)9-11-6-2-4-8-13(11)12;1-9-5-7-10(8-6-9)11(2,3)4;/h4,12,14-16H,5-11H2,1-2H3;1-5,7-8H,9H2;1,5-8H,2-4H3;/q2*-1;;+2. The third kappa shape index (κ3) is 7.09. The fourth-order valence-electron chi connectivity index (χ4n) is 9.08. The van der Waals surface area contributed by atoms with Gasteiger partial charge in [0.1, 0.15) is 0 Å². The molecule has 0 aliphatic heterocycles. The van der Waals surface area contributed by atoms with Crippen molar-refractivity contribution < 1.29 is 24.2 Å². The second kappa shape index (κ2) is 12.7. The predicted octanol–water partition coefficient (Wildman–Crippen LogP) is 10.7. The SMILES string of the molecule is CC(C)(C)c1ccc([CH]=[Zr+2])cc1.CC1=[C-]C(C)C=C1CC12CC3CC(CC(C3)C1)C2.[c-]1cccc2c1Cc1ccccc1-2. The molecule has 6 aliphatic rings. The van der Waals surface area contributed by atoms with E-state index in [1.54, 1.807) is 44.1 Å². The monoisotopic (exact) mass is 642 g/mol. The van der Waals surface area contributed by atoms with Gasteiger partial charge in [-0.1, -0.05) is 61.6 Å². The average molecular weight is 644 g/mol. The molecule has 220 valence electrons. The first kappa shape index (κ1) is 30.9. The van der Waals surface area contributed by atoms with Crippen LogP contribution < -0.4 is 0 Å². The van der Waals surface area contributed by atoms with Crippen LogP contribution in [0.15, 0.2) is 84.0 Å². The maximum atomic E-state index is 3.57. The first-order valence-electron chi connectivity index (χ1n) is 16.6. The zero-order valence-corrected chi connectivity index (χ0v) is 29.4. The summed E-state index contributed by atoms with van der Waals surface area (Å²) in [6, 6.07) is 26.9. The van der Waals surface area contributed by atoms with Crippen LogP contribution in [0.5, 0.6) is 0 Å². The van der Waals surface area contributed by atoms with Crippen molar-refractivity contribution in [1.82, 2.24) is 0 Å². The van der Waals surface area contributed by atoms with Crippen LogP contribution in [0.1, 0.15) is 102 Å². The molecule has 0 spiro atoms. The molecule has 0 amide bonds. The summed E-state index contributed by atoms with van der Waals surface area (Å²) in [6.07, 6.45) is 17.8. The molecule has 6 aliphatic carbocycles. The van der Waals surface area contributed by atoms with Gasteiger partial charge in [-0.3, -0.25) is 6.08 Å². The summed E-state index contributed by atoms with van der Waals surface area (Å²) < 4.78 is 2.21. The molecule has 1 heteroatoms. The Kier molecular flexibility index (Phi) is 9.14. The summed E-state index contributed by atoms with van der Waals surface area (Å²) in [6.45, 7) is 11.3. The smallest absolute Gasteiger partial charge is 0.0253 e. The van der Waals surface area contributed by atoms with Crippen molar-refractivity contribution in [2.45, 2.75) is 91.4 Å². The Morgan fingerprint density at radius 1 is 0.860 bits per heavy atom. The molecule has 3 aromatic carbocycles. The molecule has 1 unspecified atom stereocenters. The summed E-state index contributed by atoms with van der Waals surface area (Å²) >= 11 is 1.46. The van der Waals surface area contributed by atoms with E-state index in [0.717, 1.165) is 24.2 Å². The number of hydrogen-bond acceptors (Lipinski definition) is 0. The van der Waals surface area contributed by atoms with Gasteiger partial charge < -0.3 is 0 Å². The minimum atomic E-state index is 0.277. The van der Waals surface area contributed by atoms with Gasteiger partial charge in [0.25, 0.3) is 0 Å².